The minimum absolute atomic E-state index is 0.172. The van der Waals surface area contributed by atoms with E-state index in [0.717, 1.165) is 12.5 Å². The molecule has 0 spiro atoms. The number of nitrogens with one attached hydrogen (secondary N) is 1. The molecule has 4 nitrogen and oxygen atoms in total. The number of hydrogen-bond donors (Lipinski definition) is 2. The van der Waals surface area contributed by atoms with E-state index in [1.54, 1.807) is 0 Å². The molecule has 2 N–H and O–H groups in total. The molecular formula is C14H30N2O2. The van der Waals surface area contributed by atoms with Crippen molar-refractivity contribution in [2.24, 2.45) is 5.92 Å². The maximum Gasteiger partial charge on any atom is 0.0897 e. The number of likely N-dealkylation sites (tertiary alicyclic amines) is 1. The van der Waals surface area contributed by atoms with E-state index >= 15 is 0 Å². The Morgan fingerprint density at radius 3 is 2.50 bits per heavy atom. The predicted molar refractivity (Wildman–Crippen MR) is 74.8 cm³/mol. The van der Waals surface area contributed by atoms with E-state index in [2.05, 4.69) is 17.3 Å². The molecule has 1 atom stereocenters. The Kier molecular flexibility index (Phi) is 6.57. The van der Waals surface area contributed by atoms with Crippen molar-refractivity contribution in [3.8, 4) is 0 Å². The fraction of sp³-hybridized carbons (Fsp3) is 1.00. The third kappa shape index (κ3) is 7.31. The molecule has 0 aliphatic carbocycles. The van der Waals surface area contributed by atoms with Crippen LogP contribution in [0.2, 0.25) is 0 Å². The Bertz CT molecular complexity index is 220. The molecule has 0 aromatic carbocycles. The Hall–Kier alpha value is -0.160. The molecule has 1 aliphatic rings. The van der Waals surface area contributed by atoms with Gasteiger partial charge >= 0.3 is 0 Å². The first-order chi connectivity index (χ1) is 8.37. The Balaban J connectivity index is 2.03. The van der Waals surface area contributed by atoms with Crippen LogP contribution in [0.3, 0.4) is 0 Å². The van der Waals surface area contributed by atoms with Crippen LogP contribution >= 0.6 is 0 Å². The summed E-state index contributed by atoms with van der Waals surface area (Å²) in [6.45, 7) is 10.5. The lowest BCUT2D eigenvalue weighted by Gasteiger charge is -2.29. The van der Waals surface area contributed by atoms with Crippen molar-refractivity contribution in [1.82, 2.24) is 10.2 Å². The summed E-state index contributed by atoms with van der Waals surface area (Å²) in [5.74, 6) is 0.761. The third-order valence-electron chi connectivity index (χ3n) is 3.36. The SMILES string of the molecule is CN1CCC(CNCC(O)COC(C)(C)C)CC1. The second kappa shape index (κ2) is 7.43. The molecule has 1 rings (SSSR count). The minimum atomic E-state index is -0.407. The number of aliphatic hydroxyl groups is 1. The summed E-state index contributed by atoms with van der Waals surface area (Å²) in [7, 11) is 2.18. The van der Waals surface area contributed by atoms with E-state index in [1.165, 1.54) is 25.9 Å². The van der Waals surface area contributed by atoms with Gasteiger partial charge in [-0.1, -0.05) is 0 Å². The zero-order valence-electron chi connectivity index (χ0n) is 12.4. The Morgan fingerprint density at radius 2 is 1.94 bits per heavy atom. The van der Waals surface area contributed by atoms with Gasteiger partial charge in [0.15, 0.2) is 0 Å². The van der Waals surface area contributed by atoms with Crippen molar-refractivity contribution in [2.45, 2.75) is 45.3 Å². The summed E-state index contributed by atoms with van der Waals surface area (Å²) < 4.78 is 5.55. The lowest BCUT2D eigenvalue weighted by atomic mass is 9.97. The molecule has 0 amide bonds. The lowest BCUT2D eigenvalue weighted by Crippen LogP contribution is -2.38. The molecular weight excluding hydrogens is 228 g/mol. The van der Waals surface area contributed by atoms with E-state index < -0.39 is 6.10 Å². The highest BCUT2D eigenvalue weighted by atomic mass is 16.5. The first kappa shape index (κ1) is 15.9. The predicted octanol–water partition coefficient (Wildman–Crippen LogP) is 1.09. The fourth-order valence-corrected chi connectivity index (χ4v) is 2.13. The van der Waals surface area contributed by atoms with Crippen LogP contribution in [0.15, 0.2) is 0 Å². The molecule has 1 aliphatic heterocycles. The van der Waals surface area contributed by atoms with Crippen molar-refractivity contribution < 1.29 is 9.84 Å². The highest BCUT2D eigenvalue weighted by molar-refractivity contribution is 4.72. The van der Waals surface area contributed by atoms with Crippen molar-refractivity contribution in [2.75, 3.05) is 39.8 Å². The van der Waals surface area contributed by atoms with E-state index in [4.69, 9.17) is 4.74 Å². The molecule has 108 valence electrons. The monoisotopic (exact) mass is 258 g/mol. The summed E-state index contributed by atoms with van der Waals surface area (Å²) >= 11 is 0. The van der Waals surface area contributed by atoms with Gasteiger partial charge in [0, 0.05) is 6.54 Å². The molecule has 1 fully saturated rings. The van der Waals surface area contributed by atoms with Gasteiger partial charge in [0.2, 0.25) is 0 Å². The van der Waals surface area contributed by atoms with Gasteiger partial charge < -0.3 is 20.1 Å². The maximum atomic E-state index is 9.79. The fourth-order valence-electron chi connectivity index (χ4n) is 2.13. The standard InChI is InChI=1S/C14H30N2O2/c1-14(2,3)18-11-13(17)10-15-9-12-5-7-16(4)8-6-12/h12-13,15,17H,5-11H2,1-4H3. The second-order valence-electron chi connectivity index (χ2n) is 6.48. The number of hydrogen-bond acceptors (Lipinski definition) is 4. The van der Waals surface area contributed by atoms with E-state index in [9.17, 15) is 5.11 Å². The molecule has 0 aromatic heterocycles. The molecule has 4 heteroatoms. The molecule has 0 aromatic rings. The summed E-state index contributed by atoms with van der Waals surface area (Å²) in [6, 6.07) is 0. The van der Waals surface area contributed by atoms with Gasteiger partial charge in [-0.2, -0.15) is 0 Å². The van der Waals surface area contributed by atoms with Crippen molar-refractivity contribution in [1.29, 1.82) is 0 Å². The molecule has 1 unspecified atom stereocenters. The topological polar surface area (TPSA) is 44.7 Å². The van der Waals surface area contributed by atoms with Crippen molar-refractivity contribution in [3.63, 3.8) is 0 Å². The van der Waals surface area contributed by atoms with Gasteiger partial charge in [0.05, 0.1) is 18.3 Å². The molecule has 0 radical (unpaired) electrons. The van der Waals surface area contributed by atoms with Crippen LogP contribution in [0.25, 0.3) is 0 Å². The zero-order valence-corrected chi connectivity index (χ0v) is 12.4. The van der Waals surface area contributed by atoms with Crippen LogP contribution < -0.4 is 5.32 Å². The van der Waals surface area contributed by atoms with Gasteiger partial charge in [-0.05, 0) is 66.2 Å². The number of ether oxygens (including phenoxy) is 1. The molecule has 1 heterocycles. The van der Waals surface area contributed by atoms with Gasteiger partial charge in [-0.25, -0.2) is 0 Å². The average Bonchev–Trinajstić information content (AvgIpc) is 2.28. The summed E-state index contributed by atoms with van der Waals surface area (Å²) in [5.41, 5.74) is -0.172. The quantitative estimate of drug-likeness (QED) is 0.749. The van der Waals surface area contributed by atoms with E-state index in [0.29, 0.717) is 13.2 Å². The normalized spacial score (nSPS) is 21.2. The Labute approximate surface area is 112 Å². The van der Waals surface area contributed by atoms with Gasteiger partial charge in [0.1, 0.15) is 0 Å². The van der Waals surface area contributed by atoms with Gasteiger partial charge in [-0.15, -0.1) is 0 Å². The number of nitrogens with zero attached hydrogens (tertiary/aromatic N) is 1. The van der Waals surface area contributed by atoms with Crippen molar-refractivity contribution >= 4 is 0 Å². The third-order valence-corrected chi connectivity index (χ3v) is 3.36. The smallest absolute Gasteiger partial charge is 0.0897 e. The van der Waals surface area contributed by atoms with Gasteiger partial charge in [-0.3, -0.25) is 0 Å². The van der Waals surface area contributed by atoms with Crippen LogP contribution in [0.4, 0.5) is 0 Å². The number of aliphatic hydroxyl groups excluding tert-OH is 1. The number of piperidine rings is 1. The minimum Gasteiger partial charge on any atom is -0.389 e. The highest BCUT2D eigenvalue weighted by Crippen LogP contribution is 2.14. The van der Waals surface area contributed by atoms with Gasteiger partial charge in [0.25, 0.3) is 0 Å². The van der Waals surface area contributed by atoms with Crippen LogP contribution in [0.1, 0.15) is 33.6 Å². The summed E-state index contributed by atoms with van der Waals surface area (Å²) in [4.78, 5) is 2.38. The van der Waals surface area contributed by atoms with Crippen molar-refractivity contribution in [3.05, 3.63) is 0 Å². The molecule has 18 heavy (non-hydrogen) atoms. The first-order valence-electron chi connectivity index (χ1n) is 7.08. The lowest BCUT2D eigenvalue weighted by molar-refractivity contribution is -0.0480. The second-order valence-corrected chi connectivity index (χ2v) is 6.48. The van der Waals surface area contributed by atoms with Crippen LogP contribution in [0.5, 0.6) is 0 Å². The maximum absolute atomic E-state index is 9.79. The highest BCUT2D eigenvalue weighted by Gasteiger charge is 2.17. The van der Waals surface area contributed by atoms with E-state index in [1.807, 2.05) is 20.8 Å². The average molecular weight is 258 g/mol. The van der Waals surface area contributed by atoms with E-state index in [-0.39, 0.29) is 5.60 Å². The Morgan fingerprint density at radius 1 is 1.33 bits per heavy atom. The zero-order chi connectivity index (χ0) is 13.6. The first-order valence-corrected chi connectivity index (χ1v) is 7.08. The molecule has 0 bridgehead atoms. The van der Waals surface area contributed by atoms with Crippen LogP contribution in [0, 0.1) is 5.92 Å². The summed E-state index contributed by atoms with van der Waals surface area (Å²) in [5, 5.41) is 13.1. The molecule has 0 saturated carbocycles. The number of rotatable bonds is 6. The molecule has 1 saturated heterocycles. The van der Waals surface area contributed by atoms with Crippen LogP contribution in [-0.4, -0.2) is 61.5 Å². The largest absolute Gasteiger partial charge is 0.389 e. The van der Waals surface area contributed by atoms with Crippen LogP contribution in [-0.2, 0) is 4.74 Å². The summed E-state index contributed by atoms with van der Waals surface area (Å²) in [6.07, 6.45) is 2.12.